The normalized spacial score (nSPS) is 22.9. The van der Waals surface area contributed by atoms with Gasteiger partial charge in [0.25, 0.3) is 5.56 Å². The van der Waals surface area contributed by atoms with Crippen molar-refractivity contribution in [2.45, 2.75) is 83.1 Å². The van der Waals surface area contributed by atoms with E-state index in [1.54, 1.807) is 14.0 Å². The van der Waals surface area contributed by atoms with Gasteiger partial charge in [0.2, 0.25) is 5.89 Å². The molecule has 5 atom stereocenters. The van der Waals surface area contributed by atoms with Gasteiger partial charge in [0, 0.05) is 5.56 Å². The maximum Gasteiger partial charge on any atom is 0.332 e. The second-order valence-electron chi connectivity index (χ2n) is 12.2. The first-order chi connectivity index (χ1) is 20.5. The van der Waals surface area contributed by atoms with E-state index in [0.717, 1.165) is 35.8 Å². The Morgan fingerprint density at radius 2 is 1.84 bits per heavy atom. The molecule has 0 spiro atoms. The minimum Gasteiger partial charge on any atom is -0.496 e. The summed E-state index contributed by atoms with van der Waals surface area (Å²) in [5, 5.41) is 30.9. The number of benzene rings is 1. The summed E-state index contributed by atoms with van der Waals surface area (Å²) in [6, 6.07) is 7.49. The van der Waals surface area contributed by atoms with Crippen molar-refractivity contribution >= 4 is 21.6 Å². The van der Waals surface area contributed by atoms with Crippen LogP contribution in [0.1, 0.15) is 56.8 Å². The van der Waals surface area contributed by atoms with Crippen molar-refractivity contribution in [2.24, 2.45) is 11.8 Å². The van der Waals surface area contributed by atoms with Crippen LogP contribution in [0.2, 0.25) is 0 Å². The fraction of sp³-hybridized carbons (Fsp3) is 0.516. The van der Waals surface area contributed by atoms with Gasteiger partial charge in [-0.1, -0.05) is 18.2 Å². The number of hydrogen-bond donors (Lipinski definition) is 3. The van der Waals surface area contributed by atoms with Crippen molar-refractivity contribution in [1.82, 2.24) is 14.1 Å². The van der Waals surface area contributed by atoms with Gasteiger partial charge in [-0.3, -0.25) is 9.36 Å². The van der Waals surface area contributed by atoms with Gasteiger partial charge in [0.15, 0.2) is 6.29 Å². The van der Waals surface area contributed by atoms with E-state index in [-0.39, 0.29) is 24.1 Å². The van der Waals surface area contributed by atoms with Crippen molar-refractivity contribution in [3.05, 3.63) is 68.7 Å². The van der Waals surface area contributed by atoms with E-state index in [1.165, 1.54) is 42.2 Å². The van der Waals surface area contributed by atoms with Crippen molar-refractivity contribution in [2.75, 3.05) is 7.11 Å². The highest BCUT2D eigenvalue weighted by atomic mass is 32.1. The molecule has 0 amide bonds. The fourth-order valence-corrected chi connectivity index (χ4v) is 8.10. The van der Waals surface area contributed by atoms with Gasteiger partial charge >= 0.3 is 5.69 Å². The third kappa shape index (κ3) is 5.14. The molecule has 3 heterocycles. The molecule has 230 valence electrons. The molecule has 43 heavy (non-hydrogen) atoms. The molecular weight excluding hydrogens is 574 g/mol. The van der Waals surface area contributed by atoms with Gasteiger partial charge in [-0.2, -0.15) is 0 Å². The number of thiophene rings is 1. The lowest BCUT2D eigenvalue weighted by molar-refractivity contribution is -0.116. The third-order valence-electron chi connectivity index (χ3n) is 9.19. The van der Waals surface area contributed by atoms with Crippen LogP contribution in [-0.2, 0) is 16.8 Å². The summed E-state index contributed by atoms with van der Waals surface area (Å²) in [7, 11) is 1.58. The molecule has 3 aromatic heterocycles. The Bertz CT molecular complexity index is 1720. The number of hydrogen-bond acceptors (Lipinski definition) is 10. The lowest BCUT2D eigenvalue weighted by Gasteiger charge is -2.30. The number of aromatic nitrogens is 3. The van der Waals surface area contributed by atoms with E-state index < -0.39 is 29.2 Å². The first-order valence-electron chi connectivity index (χ1n) is 14.5. The smallest absolute Gasteiger partial charge is 0.332 e. The van der Waals surface area contributed by atoms with Crippen LogP contribution >= 0.6 is 11.3 Å². The summed E-state index contributed by atoms with van der Waals surface area (Å²) in [4.78, 5) is 33.5. The molecule has 4 unspecified atom stereocenters. The van der Waals surface area contributed by atoms with Gasteiger partial charge < -0.3 is 29.2 Å². The average Bonchev–Trinajstić information content (AvgIpc) is 3.74. The van der Waals surface area contributed by atoms with Gasteiger partial charge in [-0.05, 0) is 69.9 Å². The highest BCUT2D eigenvalue weighted by Gasteiger charge is 2.43. The molecule has 0 radical (unpaired) electrons. The van der Waals surface area contributed by atoms with E-state index in [4.69, 9.17) is 13.9 Å². The van der Waals surface area contributed by atoms with Crippen molar-refractivity contribution < 1.29 is 29.2 Å². The summed E-state index contributed by atoms with van der Waals surface area (Å²) in [5.74, 6) is 1.71. The molecule has 4 aromatic rings. The Hall–Kier alpha value is -3.29. The third-order valence-corrected chi connectivity index (χ3v) is 10.5. The average molecular weight is 612 g/mol. The first-order valence-corrected chi connectivity index (χ1v) is 15.3. The summed E-state index contributed by atoms with van der Waals surface area (Å²) >= 11 is 1.22. The Balaban J connectivity index is 1.52. The topological polar surface area (TPSA) is 149 Å². The highest BCUT2D eigenvalue weighted by Crippen LogP contribution is 2.47. The number of methoxy groups -OCH3 is 1. The van der Waals surface area contributed by atoms with Crippen molar-refractivity contribution in [1.29, 1.82) is 0 Å². The molecule has 0 bridgehead atoms. The maximum absolute atomic E-state index is 14.3. The molecule has 2 saturated carbocycles. The van der Waals surface area contributed by atoms with Crippen LogP contribution in [0, 0.1) is 18.8 Å². The quantitative estimate of drug-likeness (QED) is 0.242. The predicted molar refractivity (Wildman–Crippen MR) is 160 cm³/mol. The van der Waals surface area contributed by atoms with E-state index in [9.17, 15) is 24.9 Å². The summed E-state index contributed by atoms with van der Waals surface area (Å²) < 4.78 is 20.5. The second-order valence-corrected chi connectivity index (χ2v) is 13.2. The molecule has 1 aromatic carbocycles. The molecule has 0 saturated heterocycles. The predicted octanol–water partition coefficient (Wildman–Crippen LogP) is 3.55. The second kappa shape index (κ2) is 11.3. The number of oxazole rings is 1. The largest absolute Gasteiger partial charge is 0.496 e. The summed E-state index contributed by atoms with van der Waals surface area (Å²) in [6.07, 6.45) is 3.15. The van der Waals surface area contributed by atoms with Gasteiger partial charge in [-0.25, -0.2) is 14.3 Å². The molecule has 0 aliphatic heterocycles. The van der Waals surface area contributed by atoms with Crippen molar-refractivity contribution in [3.63, 3.8) is 0 Å². The minimum atomic E-state index is -1.98. The lowest BCUT2D eigenvalue weighted by Crippen LogP contribution is -2.54. The zero-order valence-electron chi connectivity index (χ0n) is 24.6. The Morgan fingerprint density at radius 3 is 2.47 bits per heavy atom. The fourth-order valence-electron chi connectivity index (χ4n) is 6.86. The number of aliphatic hydroxyl groups is 3. The molecule has 2 fully saturated rings. The molecule has 3 N–H and O–H groups in total. The Kier molecular flexibility index (Phi) is 7.84. The van der Waals surface area contributed by atoms with Crippen LogP contribution in [0.3, 0.4) is 0 Å². The van der Waals surface area contributed by atoms with E-state index in [1.807, 2.05) is 24.3 Å². The summed E-state index contributed by atoms with van der Waals surface area (Å²) in [6.45, 7) is 4.68. The molecule has 2 aliphatic carbocycles. The van der Waals surface area contributed by atoms with Crippen LogP contribution in [0.25, 0.3) is 21.0 Å². The number of fused-ring (bicyclic) bond motifs is 2. The number of aryl methyl sites for hydroxylation is 1. The van der Waals surface area contributed by atoms with Crippen LogP contribution < -0.4 is 16.0 Å². The van der Waals surface area contributed by atoms with E-state index in [2.05, 4.69) is 4.98 Å². The van der Waals surface area contributed by atoms with Crippen LogP contribution in [0.15, 0.2) is 50.7 Å². The molecule has 2 aliphatic rings. The molecule has 6 rings (SSSR count). The van der Waals surface area contributed by atoms with E-state index >= 15 is 0 Å². The van der Waals surface area contributed by atoms with Crippen LogP contribution in [0.4, 0.5) is 0 Å². The monoisotopic (exact) mass is 611 g/mol. The van der Waals surface area contributed by atoms with E-state index in [0.29, 0.717) is 38.7 Å². The minimum absolute atomic E-state index is 0.0347. The molecular formula is C31H37N3O8S. The number of nitrogens with zero attached hydrogens (tertiary/aromatic N) is 3. The lowest BCUT2D eigenvalue weighted by atomic mass is 10.0. The van der Waals surface area contributed by atoms with Crippen LogP contribution in [0.5, 0.6) is 5.75 Å². The number of rotatable bonds is 9. The zero-order chi connectivity index (χ0) is 30.6. The molecule has 12 heteroatoms. The van der Waals surface area contributed by atoms with Crippen molar-refractivity contribution in [3.8, 4) is 16.5 Å². The summed E-state index contributed by atoms with van der Waals surface area (Å²) in [5.41, 5.74) is -1.62. The number of aliphatic hydroxyl groups excluding tert-OH is 2. The maximum atomic E-state index is 14.3. The zero-order valence-corrected chi connectivity index (χ0v) is 25.4. The first kappa shape index (κ1) is 29.8. The Labute approximate surface area is 252 Å². The standard InChI is InChI=1S/C31H37N3O8S/c1-16-24-27(36)34(31(2,3)29(37)38)30(39)33(28(24)43-25(16)26-32-9-10-41-26)15-23(21-7-5-6-8-22(21)40-4)42-20-13-17-11-19(35)12-18(17)14-20/h5-10,17-20,23,29,35,37-38H,11-15H2,1-4H3/t17-,18?,19?,20?,23?/m0/s1. The molecule has 11 nitrogen and oxygen atoms in total. The van der Waals surface area contributed by atoms with Crippen LogP contribution in [-0.4, -0.2) is 55.0 Å². The SMILES string of the molecule is COc1ccccc1C(Cn1c(=O)n(C(C)(C)C(O)O)c(=O)c2c(C)c(-c3ncco3)sc21)OC1CC2CC(O)C[C@H]2C1. The van der Waals surface area contributed by atoms with Gasteiger partial charge in [0.05, 0.1) is 47.9 Å². The number of para-hydroxylation sites is 1. The van der Waals surface area contributed by atoms with Gasteiger partial charge in [0.1, 0.15) is 22.9 Å². The van der Waals surface area contributed by atoms with Gasteiger partial charge in [-0.15, -0.1) is 11.3 Å². The highest BCUT2D eigenvalue weighted by molar-refractivity contribution is 7.22. The number of ether oxygens (including phenoxy) is 2. The Morgan fingerprint density at radius 1 is 1.14 bits per heavy atom.